The molecular weight excluding hydrogens is 302 g/mol. The molecule has 1 amide bonds. The van der Waals surface area contributed by atoms with Gasteiger partial charge in [0.05, 0.1) is 38.0 Å². The van der Waals surface area contributed by atoms with Gasteiger partial charge in [-0.25, -0.2) is 0 Å². The molecule has 1 aromatic carbocycles. The molecule has 0 unspecified atom stereocenters. The summed E-state index contributed by atoms with van der Waals surface area (Å²) >= 11 is 0. The SMILES string of the molecule is COc1ccc(NC(=O)[C@@H]2[C@@H](C(=O)O)[C@@H]3C=C[C@H]2O3)c(OC)c1. The Balaban J connectivity index is 1.82. The van der Waals surface area contributed by atoms with E-state index in [1.165, 1.54) is 14.2 Å². The number of hydrogen-bond donors (Lipinski definition) is 2. The van der Waals surface area contributed by atoms with Crippen molar-refractivity contribution in [3.63, 3.8) is 0 Å². The van der Waals surface area contributed by atoms with E-state index in [4.69, 9.17) is 14.2 Å². The Morgan fingerprint density at radius 2 is 1.83 bits per heavy atom. The third-order valence-corrected chi connectivity index (χ3v) is 4.15. The fourth-order valence-electron chi connectivity index (χ4n) is 3.03. The minimum Gasteiger partial charge on any atom is -0.497 e. The van der Waals surface area contributed by atoms with Crippen molar-refractivity contribution in [2.75, 3.05) is 19.5 Å². The van der Waals surface area contributed by atoms with Crippen LogP contribution in [0.4, 0.5) is 5.69 Å². The van der Waals surface area contributed by atoms with Gasteiger partial charge in [-0.2, -0.15) is 0 Å². The molecule has 0 radical (unpaired) electrons. The highest BCUT2D eigenvalue weighted by atomic mass is 16.5. The number of rotatable bonds is 5. The normalized spacial score (nSPS) is 27.7. The molecule has 2 N–H and O–H groups in total. The van der Waals surface area contributed by atoms with Gasteiger partial charge >= 0.3 is 5.97 Å². The van der Waals surface area contributed by atoms with Crippen LogP contribution >= 0.6 is 0 Å². The Morgan fingerprint density at radius 3 is 2.43 bits per heavy atom. The summed E-state index contributed by atoms with van der Waals surface area (Å²) in [5.41, 5.74) is 0.453. The lowest BCUT2D eigenvalue weighted by Gasteiger charge is -2.21. The first-order chi connectivity index (χ1) is 11.0. The van der Waals surface area contributed by atoms with Crippen molar-refractivity contribution >= 4 is 17.6 Å². The standard InChI is InChI=1S/C16H17NO6/c1-21-8-3-4-9(12(7-8)22-2)17-15(18)13-10-5-6-11(23-10)14(13)16(19)20/h3-7,10-11,13-14H,1-2H3,(H,17,18)(H,19,20)/t10-,11+,13+,14+/m1/s1. The van der Waals surface area contributed by atoms with E-state index in [9.17, 15) is 14.7 Å². The molecule has 0 saturated carbocycles. The Bertz CT molecular complexity index is 671. The van der Waals surface area contributed by atoms with Crippen molar-refractivity contribution in [1.82, 2.24) is 0 Å². The van der Waals surface area contributed by atoms with Gasteiger partial charge in [0.25, 0.3) is 0 Å². The summed E-state index contributed by atoms with van der Waals surface area (Å²) in [5, 5.41) is 12.1. The monoisotopic (exact) mass is 319 g/mol. The van der Waals surface area contributed by atoms with Crippen LogP contribution in [0.15, 0.2) is 30.4 Å². The number of methoxy groups -OCH3 is 2. The van der Waals surface area contributed by atoms with E-state index >= 15 is 0 Å². The third kappa shape index (κ3) is 2.63. The molecule has 0 spiro atoms. The van der Waals surface area contributed by atoms with Gasteiger partial charge in [-0.1, -0.05) is 12.2 Å². The number of hydrogen-bond acceptors (Lipinski definition) is 5. The van der Waals surface area contributed by atoms with Crippen LogP contribution < -0.4 is 14.8 Å². The van der Waals surface area contributed by atoms with Crippen LogP contribution in [0, 0.1) is 11.8 Å². The molecule has 2 heterocycles. The predicted molar refractivity (Wildman–Crippen MR) is 80.6 cm³/mol. The number of carboxylic acid groups (broad SMARTS) is 1. The molecule has 122 valence electrons. The van der Waals surface area contributed by atoms with Gasteiger partial charge in [-0.15, -0.1) is 0 Å². The fraction of sp³-hybridized carbons (Fsp3) is 0.375. The molecule has 0 aliphatic carbocycles. The van der Waals surface area contributed by atoms with Crippen LogP contribution in [0.5, 0.6) is 11.5 Å². The smallest absolute Gasteiger partial charge is 0.310 e. The van der Waals surface area contributed by atoms with Crippen LogP contribution in [0.3, 0.4) is 0 Å². The fourth-order valence-corrected chi connectivity index (χ4v) is 3.03. The highest BCUT2D eigenvalue weighted by Crippen LogP contribution is 2.40. The molecule has 23 heavy (non-hydrogen) atoms. The molecule has 2 bridgehead atoms. The van der Waals surface area contributed by atoms with Gasteiger partial charge < -0.3 is 24.6 Å². The predicted octanol–water partition coefficient (Wildman–Crippen LogP) is 1.30. The number of amides is 1. The minimum absolute atomic E-state index is 0.405. The van der Waals surface area contributed by atoms with E-state index < -0.39 is 35.9 Å². The molecule has 2 aliphatic rings. The molecular formula is C16H17NO6. The van der Waals surface area contributed by atoms with E-state index in [2.05, 4.69) is 5.32 Å². The summed E-state index contributed by atoms with van der Waals surface area (Å²) in [6.45, 7) is 0. The van der Waals surface area contributed by atoms with Gasteiger partial charge in [-0.05, 0) is 12.1 Å². The zero-order valence-corrected chi connectivity index (χ0v) is 12.7. The summed E-state index contributed by atoms with van der Waals surface area (Å²) in [4.78, 5) is 24.0. The topological polar surface area (TPSA) is 94.1 Å². The number of ether oxygens (including phenoxy) is 3. The summed E-state index contributed by atoms with van der Waals surface area (Å²) in [7, 11) is 3.01. The van der Waals surface area contributed by atoms with Crippen molar-refractivity contribution in [3.05, 3.63) is 30.4 Å². The van der Waals surface area contributed by atoms with Crippen molar-refractivity contribution in [2.24, 2.45) is 11.8 Å². The zero-order valence-electron chi connectivity index (χ0n) is 12.7. The van der Waals surface area contributed by atoms with Gasteiger partial charge in [0, 0.05) is 6.07 Å². The average Bonchev–Trinajstić information content (AvgIpc) is 3.16. The molecule has 1 fully saturated rings. The number of carboxylic acids is 1. The molecule has 7 nitrogen and oxygen atoms in total. The number of aliphatic carboxylic acids is 1. The summed E-state index contributed by atoms with van der Waals surface area (Å²) in [5.74, 6) is -2.07. The first-order valence-electron chi connectivity index (χ1n) is 7.14. The highest BCUT2D eigenvalue weighted by molar-refractivity contribution is 5.97. The Kier molecular flexibility index (Phi) is 3.96. The van der Waals surface area contributed by atoms with Gasteiger partial charge in [0.2, 0.25) is 5.91 Å². The van der Waals surface area contributed by atoms with Crippen LogP contribution in [0.2, 0.25) is 0 Å². The van der Waals surface area contributed by atoms with Gasteiger partial charge in [0.1, 0.15) is 17.4 Å². The van der Waals surface area contributed by atoms with Crippen LogP contribution in [0.1, 0.15) is 0 Å². The van der Waals surface area contributed by atoms with E-state index in [1.54, 1.807) is 30.4 Å². The van der Waals surface area contributed by atoms with Crippen LogP contribution in [-0.4, -0.2) is 43.4 Å². The summed E-state index contributed by atoms with van der Waals surface area (Å²) < 4.78 is 15.8. The number of anilines is 1. The highest BCUT2D eigenvalue weighted by Gasteiger charge is 2.53. The number of benzene rings is 1. The second-order valence-electron chi connectivity index (χ2n) is 5.40. The Morgan fingerprint density at radius 1 is 1.13 bits per heavy atom. The van der Waals surface area contributed by atoms with Crippen molar-refractivity contribution in [2.45, 2.75) is 12.2 Å². The maximum atomic E-state index is 12.6. The lowest BCUT2D eigenvalue weighted by atomic mass is 9.82. The maximum Gasteiger partial charge on any atom is 0.310 e. The molecule has 3 rings (SSSR count). The zero-order chi connectivity index (χ0) is 16.6. The number of fused-ring (bicyclic) bond motifs is 2. The van der Waals surface area contributed by atoms with E-state index in [1.807, 2.05) is 0 Å². The molecule has 7 heteroatoms. The van der Waals surface area contributed by atoms with Crippen LogP contribution in [-0.2, 0) is 14.3 Å². The summed E-state index contributed by atoms with van der Waals surface area (Å²) in [6, 6.07) is 4.97. The average molecular weight is 319 g/mol. The first kappa shape index (κ1) is 15.4. The first-order valence-corrected chi connectivity index (χ1v) is 7.14. The molecule has 4 atom stereocenters. The molecule has 1 aromatic rings. The van der Waals surface area contributed by atoms with E-state index in [0.29, 0.717) is 17.2 Å². The molecule has 2 aliphatic heterocycles. The van der Waals surface area contributed by atoms with Crippen LogP contribution in [0.25, 0.3) is 0 Å². The lowest BCUT2D eigenvalue weighted by molar-refractivity contribution is -0.145. The largest absolute Gasteiger partial charge is 0.497 e. The second kappa shape index (κ2) is 5.92. The quantitative estimate of drug-likeness (QED) is 0.795. The Hall–Kier alpha value is -2.54. The molecule has 0 aromatic heterocycles. The van der Waals surface area contributed by atoms with E-state index in [0.717, 1.165) is 0 Å². The third-order valence-electron chi connectivity index (χ3n) is 4.15. The number of carbonyl (C=O) groups is 2. The second-order valence-corrected chi connectivity index (χ2v) is 5.40. The number of carbonyl (C=O) groups excluding carboxylic acids is 1. The summed E-state index contributed by atoms with van der Waals surface area (Å²) in [6.07, 6.45) is 2.37. The molecule has 1 saturated heterocycles. The number of nitrogens with one attached hydrogen (secondary N) is 1. The minimum atomic E-state index is -1.04. The lowest BCUT2D eigenvalue weighted by Crippen LogP contribution is -2.39. The van der Waals surface area contributed by atoms with Crippen molar-refractivity contribution < 1.29 is 28.9 Å². The van der Waals surface area contributed by atoms with Gasteiger partial charge in [0.15, 0.2) is 0 Å². The van der Waals surface area contributed by atoms with Crippen molar-refractivity contribution in [3.8, 4) is 11.5 Å². The maximum absolute atomic E-state index is 12.6. The Labute approximate surface area is 132 Å². The van der Waals surface area contributed by atoms with E-state index in [-0.39, 0.29) is 0 Å². The van der Waals surface area contributed by atoms with Crippen molar-refractivity contribution in [1.29, 1.82) is 0 Å². The van der Waals surface area contributed by atoms with Gasteiger partial charge in [-0.3, -0.25) is 9.59 Å².